The van der Waals surface area contributed by atoms with Gasteiger partial charge >= 0.3 is 12.3 Å². The third-order valence-electron chi connectivity index (χ3n) is 5.57. The summed E-state index contributed by atoms with van der Waals surface area (Å²) < 4.78 is 55.9. The highest BCUT2D eigenvalue weighted by molar-refractivity contribution is 6.35. The van der Waals surface area contributed by atoms with Gasteiger partial charge in [-0.2, -0.15) is 13.2 Å². The molecular weight excluding hydrogens is 479 g/mol. The number of carbonyl (C=O) groups is 1. The van der Waals surface area contributed by atoms with E-state index in [1.54, 1.807) is 0 Å². The molecule has 2 aliphatic rings. The molecule has 2 aliphatic heterocycles. The molecule has 0 saturated carbocycles. The summed E-state index contributed by atoms with van der Waals surface area (Å²) in [5.74, 6) is -1.04. The number of amides is 1. The lowest BCUT2D eigenvalue weighted by Gasteiger charge is -2.45. The summed E-state index contributed by atoms with van der Waals surface area (Å²) in [4.78, 5) is 16.8. The van der Waals surface area contributed by atoms with Gasteiger partial charge in [-0.05, 0) is 23.3 Å². The van der Waals surface area contributed by atoms with E-state index >= 15 is 0 Å². The van der Waals surface area contributed by atoms with Crippen LogP contribution in [0.2, 0.25) is 10.0 Å². The third-order valence-corrected chi connectivity index (χ3v) is 6.12. The van der Waals surface area contributed by atoms with E-state index in [1.165, 1.54) is 24.3 Å². The van der Waals surface area contributed by atoms with Crippen molar-refractivity contribution in [3.05, 3.63) is 69.0 Å². The number of benzene rings is 2. The van der Waals surface area contributed by atoms with Gasteiger partial charge in [0.1, 0.15) is 5.60 Å². The Bertz CT molecular complexity index is 1090. The number of hydrogen-bond acceptors (Lipinski definition) is 4. The standard InChI is InChI=1S/C20H14Cl2F4N2O4/c21-13-5-12(6-14(22)16(13)23)19(20(24,25)26)7-15(27-32-19)10-1-3-11(4-2-10)18(31)8-28(9-18)17(29)30/h1-6,31H,7-9H2,(H,29,30). The fourth-order valence-corrected chi connectivity index (χ4v) is 4.21. The zero-order valence-corrected chi connectivity index (χ0v) is 17.5. The molecule has 6 nitrogen and oxygen atoms in total. The number of rotatable bonds is 3. The van der Waals surface area contributed by atoms with E-state index in [0.29, 0.717) is 11.1 Å². The smallest absolute Gasteiger partial charge is 0.435 e. The largest absolute Gasteiger partial charge is 0.465 e. The first-order valence-corrected chi connectivity index (χ1v) is 9.90. The minimum absolute atomic E-state index is 0.0294. The zero-order chi connectivity index (χ0) is 23.5. The molecule has 0 aliphatic carbocycles. The van der Waals surface area contributed by atoms with Gasteiger partial charge in [0.15, 0.2) is 5.82 Å². The summed E-state index contributed by atoms with van der Waals surface area (Å²) in [6.45, 7) is -0.232. The van der Waals surface area contributed by atoms with Crippen molar-refractivity contribution in [1.82, 2.24) is 4.90 Å². The first-order chi connectivity index (χ1) is 14.9. The molecule has 0 aromatic heterocycles. The highest BCUT2D eigenvalue weighted by atomic mass is 35.5. The molecule has 0 spiro atoms. The molecule has 2 N–H and O–H groups in total. The first kappa shape index (κ1) is 22.6. The Balaban J connectivity index is 1.60. The predicted octanol–water partition coefficient (Wildman–Crippen LogP) is 4.90. The van der Waals surface area contributed by atoms with Gasteiger partial charge in [-0.1, -0.05) is 52.6 Å². The van der Waals surface area contributed by atoms with Gasteiger partial charge in [0, 0.05) is 12.0 Å². The van der Waals surface area contributed by atoms with Crippen LogP contribution in [0.4, 0.5) is 22.4 Å². The van der Waals surface area contributed by atoms with Crippen LogP contribution in [-0.4, -0.2) is 46.2 Å². The number of oxime groups is 1. The Morgan fingerprint density at radius 1 is 1.09 bits per heavy atom. The Morgan fingerprint density at radius 2 is 1.66 bits per heavy atom. The lowest BCUT2D eigenvalue weighted by Crippen LogP contribution is -2.60. The van der Waals surface area contributed by atoms with E-state index in [0.717, 1.165) is 17.0 Å². The van der Waals surface area contributed by atoms with Crippen LogP contribution in [0.3, 0.4) is 0 Å². The van der Waals surface area contributed by atoms with E-state index in [9.17, 15) is 27.5 Å². The van der Waals surface area contributed by atoms with Gasteiger partial charge in [0.2, 0.25) is 0 Å². The van der Waals surface area contributed by atoms with Crippen LogP contribution < -0.4 is 0 Å². The van der Waals surface area contributed by atoms with E-state index < -0.39 is 51.3 Å². The average molecular weight is 493 g/mol. The summed E-state index contributed by atoms with van der Waals surface area (Å²) in [5.41, 5.74) is -4.08. The normalized spacial score (nSPS) is 22.2. The molecule has 1 unspecified atom stereocenters. The summed E-state index contributed by atoms with van der Waals surface area (Å²) in [6.07, 6.45) is -6.80. The molecule has 2 heterocycles. The van der Waals surface area contributed by atoms with Crippen LogP contribution in [-0.2, 0) is 16.0 Å². The zero-order valence-electron chi connectivity index (χ0n) is 16.0. The Labute approximate surface area is 188 Å². The number of alkyl halides is 3. The molecule has 1 saturated heterocycles. The molecule has 1 fully saturated rings. The van der Waals surface area contributed by atoms with Crippen molar-refractivity contribution in [3.63, 3.8) is 0 Å². The molecule has 0 bridgehead atoms. The van der Waals surface area contributed by atoms with E-state index in [-0.39, 0.29) is 18.8 Å². The van der Waals surface area contributed by atoms with Gasteiger partial charge in [0.05, 0.1) is 28.8 Å². The first-order valence-electron chi connectivity index (χ1n) is 9.14. The highest BCUT2D eigenvalue weighted by Gasteiger charge is 2.62. The van der Waals surface area contributed by atoms with Crippen molar-refractivity contribution < 1.29 is 37.4 Å². The summed E-state index contributed by atoms with van der Waals surface area (Å²) in [6, 6.07) is 7.48. The number of carboxylic acid groups (broad SMARTS) is 1. The lowest BCUT2D eigenvalue weighted by atomic mass is 9.84. The number of likely N-dealkylation sites (tertiary alicyclic amines) is 1. The average Bonchev–Trinajstić information content (AvgIpc) is 3.16. The van der Waals surface area contributed by atoms with Crippen LogP contribution in [0.5, 0.6) is 0 Å². The maximum Gasteiger partial charge on any atom is 0.435 e. The number of β-amino-alcohol motifs (C(OH)–C–C–N with tert-alkyl or cyclic N) is 1. The fraction of sp³-hybridized carbons (Fsp3) is 0.300. The van der Waals surface area contributed by atoms with Crippen molar-refractivity contribution in [3.8, 4) is 0 Å². The number of halogens is 6. The Kier molecular flexibility index (Phi) is 5.30. The molecule has 1 atom stereocenters. The molecule has 32 heavy (non-hydrogen) atoms. The fourth-order valence-electron chi connectivity index (χ4n) is 3.72. The van der Waals surface area contributed by atoms with Gasteiger partial charge in [-0.25, -0.2) is 9.18 Å². The molecule has 2 aromatic rings. The quantitative estimate of drug-likeness (QED) is 0.471. The summed E-state index contributed by atoms with van der Waals surface area (Å²) >= 11 is 11.4. The van der Waals surface area contributed by atoms with E-state index in [4.69, 9.17) is 33.1 Å². The van der Waals surface area contributed by atoms with Gasteiger partial charge in [-0.3, -0.25) is 0 Å². The van der Waals surface area contributed by atoms with Crippen LogP contribution in [0.15, 0.2) is 41.6 Å². The molecule has 4 rings (SSSR count). The second-order valence-corrected chi connectivity index (χ2v) is 8.45. The monoisotopic (exact) mass is 492 g/mol. The summed E-state index contributed by atoms with van der Waals surface area (Å²) in [7, 11) is 0. The SMILES string of the molecule is O=C(O)N1CC(O)(c2ccc(C3=NOC(c4cc(Cl)c(F)c(Cl)c4)(C(F)(F)F)C3)cc2)C1. The minimum Gasteiger partial charge on any atom is -0.465 e. The topological polar surface area (TPSA) is 82.4 Å². The number of hydrogen-bond donors (Lipinski definition) is 2. The van der Waals surface area contributed by atoms with Crippen LogP contribution in [0.25, 0.3) is 0 Å². The molecule has 170 valence electrons. The van der Waals surface area contributed by atoms with Crippen molar-refractivity contribution >= 4 is 35.0 Å². The Hall–Kier alpha value is -2.56. The van der Waals surface area contributed by atoms with Gasteiger partial charge in [0.25, 0.3) is 5.60 Å². The maximum absolute atomic E-state index is 14.1. The van der Waals surface area contributed by atoms with Crippen molar-refractivity contribution in [1.29, 1.82) is 0 Å². The van der Waals surface area contributed by atoms with E-state index in [1.807, 2.05) is 0 Å². The van der Waals surface area contributed by atoms with Crippen LogP contribution >= 0.6 is 23.2 Å². The van der Waals surface area contributed by atoms with Crippen LogP contribution in [0, 0.1) is 5.82 Å². The second-order valence-electron chi connectivity index (χ2n) is 7.63. The number of aliphatic hydroxyl groups is 1. The van der Waals surface area contributed by atoms with Crippen molar-refractivity contribution in [2.24, 2.45) is 5.16 Å². The lowest BCUT2D eigenvalue weighted by molar-refractivity contribution is -0.275. The second kappa shape index (κ2) is 7.50. The van der Waals surface area contributed by atoms with Gasteiger partial charge in [-0.15, -0.1) is 0 Å². The summed E-state index contributed by atoms with van der Waals surface area (Å²) in [5, 5.41) is 21.9. The molecule has 12 heteroatoms. The molecule has 1 amide bonds. The maximum atomic E-state index is 14.1. The van der Waals surface area contributed by atoms with Gasteiger partial charge < -0.3 is 20.0 Å². The Morgan fingerprint density at radius 3 is 2.16 bits per heavy atom. The minimum atomic E-state index is -4.93. The molecule has 2 aromatic carbocycles. The van der Waals surface area contributed by atoms with Crippen LogP contribution in [0.1, 0.15) is 23.1 Å². The predicted molar refractivity (Wildman–Crippen MR) is 106 cm³/mol. The van der Waals surface area contributed by atoms with Crippen molar-refractivity contribution in [2.75, 3.05) is 13.1 Å². The van der Waals surface area contributed by atoms with E-state index in [2.05, 4.69) is 5.16 Å². The highest BCUT2D eigenvalue weighted by Crippen LogP contribution is 2.50. The molecular formula is C20H14Cl2F4N2O4. The number of nitrogens with zero attached hydrogens (tertiary/aromatic N) is 2. The van der Waals surface area contributed by atoms with Crippen molar-refractivity contribution in [2.45, 2.75) is 23.8 Å². The molecule has 0 radical (unpaired) electrons. The third kappa shape index (κ3) is 3.56.